The average Bonchev–Trinajstić information content (AvgIpc) is 3.39. The summed E-state index contributed by atoms with van der Waals surface area (Å²) in [5.41, 5.74) is 8.04. The van der Waals surface area contributed by atoms with Gasteiger partial charge in [-0.15, -0.1) is 0 Å². The molecule has 184 valence electrons. The Labute approximate surface area is 208 Å². The van der Waals surface area contributed by atoms with Crippen molar-refractivity contribution in [3.63, 3.8) is 0 Å². The maximum atomic E-state index is 13.1. The van der Waals surface area contributed by atoms with Crippen LogP contribution in [-0.4, -0.2) is 37.0 Å². The molecule has 1 aliphatic carbocycles. The van der Waals surface area contributed by atoms with Gasteiger partial charge in [0.2, 0.25) is 11.2 Å². The second kappa shape index (κ2) is 10.1. The first-order valence-corrected chi connectivity index (χ1v) is 13.1. The normalized spacial score (nSPS) is 19.0. The number of hydrogen-bond donors (Lipinski definition) is 3. The van der Waals surface area contributed by atoms with Crippen LogP contribution in [-0.2, 0) is 16.8 Å². The fraction of sp³-hybridized carbons (Fsp3) is 0.609. The second-order valence-corrected chi connectivity index (χ2v) is 10.7. The summed E-state index contributed by atoms with van der Waals surface area (Å²) >= 11 is 7.59. The van der Waals surface area contributed by atoms with Crippen LogP contribution in [0.4, 0.5) is 10.9 Å². The molecule has 0 spiro atoms. The van der Waals surface area contributed by atoms with Crippen molar-refractivity contribution in [2.45, 2.75) is 77.8 Å². The molecule has 34 heavy (non-hydrogen) atoms. The Morgan fingerprint density at radius 3 is 2.65 bits per heavy atom. The van der Waals surface area contributed by atoms with Crippen molar-refractivity contribution < 1.29 is 4.79 Å². The number of aromatic nitrogens is 5. The minimum Gasteiger partial charge on any atom is -0.382 e. The van der Waals surface area contributed by atoms with Crippen molar-refractivity contribution in [2.24, 2.45) is 5.92 Å². The summed E-state index contributed by atoms with van der Waals surface area (Å²) in [6.07, 6.45) is 6.93. The lowest BCUT2D eigenvalue weighted by Gasteiger charge is -2.28. The van der Waals surface area contributed by atoms with E-state index in [-0.39, 0.29) is 34.5 Å². The highest BCUT2D eigenvalue weighted by Gasteiger charge is 2.31. The highest BCUT2D eigenvalue weighted by molar-refractivity contribution is 7.16. The molecule has 0 radical (unpaired) electrons. The molecule has 4 rings (SSSR count). The maximum Gasteiger partial charge on any atom is 0.229 e. The highest BCUT2D eigenvalue weighted by atomic mass is 35.5. The van der Waals surface area contributed by atoms with Crippen molar-refractivity contribution >= 4 is 51.0 Å². The molecule has 1 fully saturated rings. The molecule has 3 aromatic rings. The number of hydrogen-bond acceptors (Lipinski definition) is 8. The van der Waals surface area contributed by atoms with Gasteiger partial charge >= 0.3 is 0 Å². The first kappa shape index (κ1) is 24.8. The van der Waals surface area contributed by atoms with Gasteiger partial charge in [-0.25, -0.2) is 9.97 Å². The van der Waals surface area contributed by atoms with Crippen molar-refractivity contribution in [2.75, 3.05) is 17.6 Å². The van der Waals surface area contributed by atoms with E-state index >= 15 is 0 Å². The van der Waals surface area contributed by atoms with E-state index in [4.69, 9.17) is 22.3 Å². The molecule has 0 aliphatic heterocycles. The van der Waals surface area contributed by atoms with Gasteiger partial charge in [-0.1, -0.05) is 31.6 Å². The van der Waals surface area contributed by atoms with Crippen LogP contribution >= 0.6 is 22.9 Å². The number of nitrogens with zero attached hydrogens (tertiary/aromatic N) is 5. The van der Waals surface area contributed by atoms with Crippen LogP contribution in [0.3, 0.4) is 0 Å². The van der Waals surface area contributed by atoms with E-state index in [0.29, 0.717) is 16.3 Å². The number of nitrogens with one attached hydrogen (secondary N) is 2. The Balaban J connectivity index is 1.43. The zero-order chi connectivity index (χ0) is 24.5. The van der Waals surface area contributed by atoms with Crippen LogP contribution in [0.15, 0.2) is 6.33 Å². The van der Waals surface area contributed by atoms with E-state index in [0.717, 1.165) is 50.8 Å². The van der Waals surface area contributed by atoms with Gasteiger partial charge in [0.1, 0.15) is 5.52 Å². The molecule has 0 saturated heterocycles. The summed E-state index contributed by atoms with van der Waals surface area (Å²) in [4.78, 5) is 31.7. The average molecular weight is 505 g/mol. The van der Waals surface area contributed by atoms with Crippen LogP contribution < -0.4 is 16.4 Å². The molecule has 1 saturated carbocycles. The molecule has 0 atom stereocenters. The van der Waals surface area contributed by atoms with Gasteiger partial charge < -0.3 is 20.9 Å². The van der Waals surface area contributed by atoms with E-state index in [1.54, 1.807) is 17.7 Å². The fourth-order valence-electron chi connectivity index (χ4n) is 4.82. The number of nitrogens with two attached hydrogens (primary N) is 1. The van der Waals surface area contributed by atoms with Gasteiger partial charge in [0, 0.05) is 22.4 Å². The van der Waals surface area contributed by atoms with Crippen LogP contribution in [0.5, 0.6) is 0 Å². The van der Waals surface area contributed by atoms with Gasteiger partial charge in [0.05, 0.1) is 12.0 Å². The zero-order valence-electron chi connectivity index (χ0n) is 20.2. The number of carbonyl (C=O) groups is 1. The maximum absolute atomic E-state index is 13.1. The summed E-state index contributed by atoms with van der Waals surface area (Å²) in [6, 6.07) is 0.197. The van der Waals surface area contributed by atoms with Crippen molar-refractivity contribution in [1.29, 1.82) is 0 Å². The van der Waals surface area contributed by atoms with Crippen molar-refractivity contribution in [1.82, 2.24) is 29.8 Å². The third-order valence-corrected chi connectivity index (χ3v) is 7.99. The molecule has 1 amide bonds. The second-order valence-electron chi connectivity index (χ2n) is 9.40. The van der Waals surface area contributed by atoms with Gasteiger partial charge in [0.15, 0.2) is 16.6 Å². The van der Waals surface area contributed by atoms with Crippen LogP contribution in [0.25, 0.3) is 11.2 Å². The molecule has 0 unspecified atom stereocenters. The molecule has 3 aromatic heterocycles. The molecule has 0 bridgehead atoms. The third kappa shape index (κ3) is 5.04. The molecule has 4 N–H and O–H groups in total. The molecule has 3 heterocycles. The molecular formula is C23H33ClN8OS. The lowest BCUT2D eigenvalue weighted by Crippen LogP contribution is -2.36. The fourth-order valence-corrected chi connectivity index (χ4v) is 6.09. The predicted octanol–water partition coefficient (Wildman–Crippen LogP) is 4.69. The first-order chi connectivity index (χ1) is 16.2. The van der Waals surface area contributed by atoms with Crippen LogP contribution in [0.2, 0.25) is 5.28 Å². The number of imidazole rings is 1. The van der Waals surface area contributed by atoms with Crippen LogP contribution in [0, 0.1) is 5.92 Å². The Bertz CT molecular complexity index is 1170. The minimum absolute atomic E-state index is 0.0435. The van der Waals surface area contributed by atoms with Gasteiger partial charge in [0.25, 0.3) is 0 Å². The largest absolute Gasteiger partial charge is 0.382 e. The van der Waals surface area contributed by atoms with E-state index in [9.17, 15) is 4.79 Å². The molecule has 0 aromatic carbocycles. The molecule has 11 heteroatoms. The Hall–Kier alpha value is -2.30. The number of aryl methyl sites for hydroxylation is 1. The quantitative estimate of drug-likeness (QED) is 0.380. The number of nitrogen functional groups attached to an aromatic ring is 1. The lowest BCUT2D eigenvalue weighted by molar-refractivity contribution is -0.120. The summed E-state index contributed by atoms with van der Waals surface area (Å²) in [5.74, 6) is 0.288. The first-order valence-electron chi connectivity index (χ1n) is 11.9. The number of halogens is 1. The number of fused-ring (bicyclic) bond motifs is 1. The number of thiazole rings is 1. The summed E-state index contributed by atoms with van der Waals surface area (Å²) in [7, 11) is 0. The van der Waals surface area contributed by atoms with Crippen LogP contribution in [0.1, 0.15) is 76.4 Å². The van der Waals surface area contributed by atoms with Gasteiger partial charge in [-0.3, -0.25) is 4.79 Å². The number of rotatable bonds is 8. The van der Waals surface area contributed by atoms with E-state index in [1.807, 2.05) is 4.57 Å². The van der Waals surface area contributed by atoms with Gasteiger partial charge in [-0.05, 0) is 64.1 Å². The smallest absolute Gasteiger partial charge is 0.229 e. The van der Waals surface area contributed by atoms with Crippen molar-refractivity contribution in [3.8, 4) is 0 Å². The number of carbonyl (C=O) groups excluding carboxylic acids is 1. The summed E-state index contributed by atoms with van der Waals surface area (Å²) < 4.78 is 2.01. The topological polar surface area (TPSA) is 124 Å². The standard InChI is InChI=1S/C23H33ClN8OS/c1-5-7-15-17(23(3,4)27-6-2)34-22(28-15)31-20(33)13-8-10-14(11-9-13)32-12-26-16-18(25)29-21(24)30-19(16)32/h12-14,27H,5-11H2,1-4H3,(H2,25,29,30)(H,28,31,33)/t13-,14+. The zero-order valence-corrected chi connectivity index (χ0v) is 21.8. The number of anilines is 2. The number of amides is 1. The Morgan fingerprint density at radius 1 is 1.24 bits per heavy atom. The monoisotopic (exact) mass is 504 g/mol. The van der Waals surface area contributed by atoms with E-state index < -0.39 is 0 Å². The summed E-state index contributed by atoms with van der Waals surface area (Å²) in [5, 5.41) is 7.44. The van der Waals surface area contributed by atoms with Gasteiger partial charge in [-0.2, -0.15) is 9.97 Å². The Kier molecular flexibility index (Phi) is 7.39. The van der Waals surface area contributed by atoms with E-state index in [1.165, 1.54) is 4.88 Å². The molecular weight excluding hydrogens is 472 g/mol. The highest BCUT2D eigenvalue weighted by Crippen LogP contribution is 2.37. The summed E-state index contributed by atoms with van der Waals surface area (Å²) in [6.45, 7) is 9.46. The Morgan fingerprint density at radius 2 is 1.97 bits per heavy atom. The molecule has 9 nitrogen and oxygen atoms in total. The van der Waals surface area contributed by atoms with Crippen molar-refractivity contribution in [3.05, 3.63) is 22.2 Å². The third-order valence-electron chi connectivity index (χ3n) is 6.48. The van der Waals surface area contributed by atoms with E-state index in [2.05, 4.69) is 53.3 Å². The minimum atomic E-state index is -0.179. The lowest BCUT2D eigenvalue weighted by atomic mass is 9.85. The molecule has 1 aliphatic rings. The predicted molar refractivity (Wildman–Crippen MR) is 137 cm³/mol. The SMILES string of the molecule is CCCc1nc(NC(=O)[C@H]2CC[C@@H](n3cnc4c(N)nc(Cl)nc43)CC2)sc1C(C)(C)NCC.